The average Bonchev–Trinajstić information content (AvgIpc) is 2.83. The first-order valence-electron chi connectivity index (χ1n) is 11.5. The van der Waals surface area contributed by atoms with Gasteiger partial charge in [0.05, 0.1) is 6.21 Å². The molecule has 2 aromatic carbocycles. The van der Waals surface area contributed by atoms with Crippen LogP contribution in [-0.2, 0) is 4.79 Å². The van der Waals surface area contributed by atoms with E-state index >= 15 is 0 Å². The van der Waals surface area contributed by atoms with Crippen LogP contribution >= 0.6 is 0 Å². The molecule has 1 heterocycles. The zero-order valence-corrected chi connectivity index (χ0v) is 20.2. The van der Waals surface area contributed by atoms with Crippen molar-refractivity contribution in [2.24, 2.45) is 5.10 Å². The molecule has 1 aliphatic heterocycles. The van der Waals surface area contributed by atoms with Crippen molar-refractivity contribution in [1.82, 2.24) is 10.3 Å². The van der Waals surface area contributed by atoms with Crippen molar-refractivity contribution < 1.29 is 41.4 Å². The first-order valence-corrected chi connectivity index (χ1v) is 11.5. The molecular weight excluding hydrogens is 498 g/mol. The number of halogens is 4. The number of carbonyl (C=O) groups excluding carboxylic acids is 2. The highest BCUT2D eigenvalue weighted by atomic mass is 19.3. The molecule has 1 aliphatic rings. The fraction of sp³-hybridized carbons (Fsp3) is 0.400. The van der Waals surface area contributed by atoms with Crippen LogP contribution in [0.5, 0.6) is 17.2 Å². The molecule has 12 heteroatoms. The van der Waals surface area contributed by atoms with E-state index in [0.29, 0.717) is 5.75 Å². The number of carbonyl (C=O) groups is 2. The Hall–Kier alpha value is -3.83. The van der Waals surface area contributed by atoms with Crippen molar-refractivity contribution in [3.05, 3.63) is 53.6 Å². The number of alkyl halides is 4. The number of hydrogen-bond donors (Lipinski definition) is 1. The minimum atomic E-state index is -3.22. The molecule has 0 radical (unpaired) electrons. The standard InChI is InChI=1S/C25H27F4N3O5/c1-15-4-3-5-16(2)32(15)22(33)14-35-19-9-6-17(7-10-19)23(34)31-30-13-18-8-11-20(36-24(26)27)12-21(18)37-25(28)29/h6-13,15-16,24-25H,3-5,14H2,1-2H3,(H,31,34)/b30-13+. The number of nitrogens with zero attached hydrogens (tertiary/aromatic N) is 2. The van der Waals surface area contributed by atoms with Crippen molar-refractivity contribution in [2.45, 2.75) is 58.4 Å². The smallest absolute Gasteiger partial charge is 0.387 e. The number of hydrazone groups is 1. The van der Waals surface area contributed by atoms with Gasteiger partial charge < -0.3 is 19.1 Å². The number of likely N-dealkylation sites (tertiary alicyclic amines) is 1. The average molecular weight is 525 g/mol. The van der Waals surface area contributed by atoms with Gasteiger partial charge in [-0.05, 0) is 69.5 Å². The van der Waals surface area contributed by atoms with Crippen LogP contribution in [0.3, 0.4) is 0 Å². The van der Waals surface area contributed by atoms with Gasteiger partial charge in [0.1, 0.15) is 17.2 Å². The molecule has 8 nitrogen and oxygen atoms in total. The van der Waals surface area contributed by atoms with Crippen LogP contribution in [0.15, 0.2) is 47.6 Å². The Morgan fingerprint density at radius 3 is 2.24 bits per heavy atom. The summed E-state index contributed by atoms with van der Waals surface area (Å²) in [5.41, 5.74) is 2.45. The summed E-state index contributed by atoms with van der Waals surface area (Å²) in [5, 5.41) is 3.70. The molecule has 0 aliphatic carbocycles. The van der Waals surface area contributed by atoms with Gasteiger partial charge in [-0.2, -0.15) is 22.7 Å². The van der Waals surface area contributed by atoms with Crippen LogP contribution < -0.4 is 19.6 Å². The quantitative estimate of drug-likeness (QED) is 0.273. The second-order valence-corrected chi connectivity index (χ2v) is 8.40. The molecule has 2 aromatic rings. The summed E-state index contributed by atoms with van der Waals surface area (Å²) in [6.45, 7) is -2.43. The van der Waals surface area contributed by atoms with E-state index in [1.807, 2.05) is 18.7 Å². The van der Waals surface area contributed by atoms with Crippen LogP contribution in [0.1, 0.15) is 49.0 Å². The normalized spacial score (nSPS) is 17.8. The molecule has 2 unspecified atom stereocenters. The number of rotatable bonds is 10. The van der Waals surface area contributed by atoms with E-state index in [0.717, 1.165) is 37.6 Å². The van der Waals surface area contributed by atoms with Gasteiger partial charge in [-0.1, -0.05) is 0 Å². The van der Waals surface area contributed by atoms with Gasteiger partial charge in [-0.25, -0.2) is 5.43 Å². The Balaban J connectivity index is 1.56. The van der Waals surface area contributed by atoms with Crippen molar-refractivity contribution in [3.8, 4) is 17.2 Å². The zero-order chi connectivity index (χ0) is 26.9. The van der Waals surface area contributed by atoms with Gasteiger partial charge in [0.25, 0.3) is 11.8 Å². The summed E-state index contributed by atoms with van der Waals surface area (Å²) in [6.07, 6.45) is 4.03. The number of piperidine rings is 1. The second-order valence-electron chi connectivity index (χ2n) is 8.40. The number of benzene rings is 2. The predicted octanol–water partition coefficient (Wildman–Crippen LogP) is 4.82. The molecule has 0 aromatic heterocycles. The van der Waals surface area contributed by atoms with Crippen molar-refractivity contribution in [1.29, 1.82) is 0 Å². The molecule has 2 atom stereocenters. The maximum Gasteiger partial charge on any atom is 0.387 e. The molecule has 37 heavy (non-hydrogen) atoms. The lowest BCUT2D eigenvalue weighted by molar-refractivity contribution is -0.139. The zero-order valence-electron chi connectivity index (χ0n) is 20.2. The third kappa shape index (κ3) is 8.09. The molecule has 0 spiro atoms. The van der Waals surface area contributed by atoms with E-state index in [1.54, 1.807) is 0 Å². The Kier molecular flexibility index (Phi) is 9.70. The lowest BCUT2D eigenvalue weighted by atomic mass is 9.97. The van der Waals surface area contributed by atoms with Crippen molar-refractivity contribution in [3.63, 3.8) is 0 Å². The molecule has 200 valence electrons. The number of nitrogens with one attached hydrogen (secondary N) is 1. The van der Waals surface area contributed by atoms with E-state index in [1.165, 1.54) is 30.3 Å². The first kappa shape index (κ1) is 27.8. The monoisotopic (exact) mass is 525 g/mol. The third-order valence-electron chi connectivity index (χ3n) is 5.76. The van der Waals surface area contributed by atoms with Crippen molar-refractivity contribution >= 4 is 18.0 Å². The van der Waals surface area contributed by atoms with Crippen LogP contribution in [0.4, 0.5) is 17.6 Å². The van der Waals surface area contributed by atoms with E-state index < -0.39 is 24.9 Å². The molecule has 1 fully saturated rings. The maximum absolute atomic E-state index is 12.7. The SMILES string of the molecule is CC1CCCC(C)N1C(=O)COc1ccc(C(=O)N/N=C/c2ccc(OC(F)F)cc2OC(F)F)cc1. The summed E-state index contributed by atoms with van der Waals surface area (Å²) in [7, 11) is 0. The molecule has 1 N–H and O–H groups in total. The molecular formula is C25H27F4N3O5. The van der Waals surface area contributed by atoms with Crippen LogP contribution in [0.25, 0.3) is 0 Å². The molecule has 1 saturated heterocycles. The maximum atomic E-state index is 12.7. The number of hydrogen-bond acceptors (Lipinski definition) is 6. The third-order valence-corrected chi connectivity index (χ3v) is 5.76. The number of ether oxygens (including phenoxy) is 3. The summed E-state index contributed by atoms with van der Waals surface area (Å²) in [6, 6.07) is 9.47. The molecule has 0 saturated carbocycles. The Labute approximate surface area is 211 Å². The summed E-state index contributed by atoms with van der Waals surface area (Å²) in [4.78, 5) is 26.8. The number of amides is 2. The highest BCUT2D eigenvalue weighted by Crippen LogP contribution is 2.27. The van der Waals surface area contributed by atoms with E-state index in [2.05, 4.69) is 20.0 Å². The van der Waals surface area contributed by atoms with E-state index in [9.17, 15) is 27.2 Å². The van der Waals surface area contributed by atoms with Crippen LogP contribution in [0.2, 0.25) is 0 Å². The van der Waals surface area contributed by atoms with E-state index in [-0.39, 0.29) is 41.5 Å². The first-order chi connectivity index (χ1) is 17.6. The molecule has 2 amide bonds. The lowest BCUT2D eigenvalue weighted by Gasteiger charge is -2.38. The van der Waals surface area contributed by atoms with Gasteiger partial charge in [-0.15, -0.1) is 0 Å². The molecule has 0 bridgehead atoms. The van der Waals surface area contributed by atoms with Gasteiger partial charge in [0, 0.05) is 29.3 Å². The van der Waals surface area contributed by atoms with Crippen LogP contribution in [-0.4, -0.2) is 54.8 Å². The van der Waals surface area contributed by atoms with E-state index in [4.69, 9.17) is 4.74 Å². The summed E-state index contributed by atoms with van der Waals surface area (Å²) >= 11 is 0. The Morgan fingerprint density at radius 1 is 1.00 bits per heavy atom. The largest absolute Gasteiger partial charge is 0.484 e. The summed E-state index contributed by atoms with van der Waals surface area (Å²) in [5.74, 6) is -1.14. The Morgan fingerprint density at radius 2 is 1.62 bits per heavy atom. The minimum absolute atomic E-state index is 0.00651. The van der Waals surface area contributed by atoms with Gasteiger partial charge >= 0.3 is 13.2 Å². The van der Waals surface area contributed by atoms with Crippen LogP contribution in [0, 0.1) is 0 Å². The van der Waals surface area contributed by atoms with Crippen molar-refractivity contribution in [2.75, 3.05) is 6.61 Å². The van der Waals surface area contributed by atoms with Gasteiger partial charge in [0.2, 0.25) is 0 Å². The topological polar surface area (TPSA) is 89.5 Å². The molecule has 3 rings (SSSR count). The second kappa shape index (κ2) is 12.9. The fourth-order valence-corrected chi connectivity index (χ4v) is 4.06. The summed E-state index contributed by atoms with van der Waals surface area (Å²) < 4.78 is 64.1. The van der Waals surface area contributed by atoms with Gasteiger partial charge in [-0.3, -0.25) is 9.59 Å². The predicted molar refractivity (Wildman–Crippen MR) is 126 cm³/mol. The Bertz CT molecular complexity index is 1090. The highest BCUT2D eigenvalue weighted by Gasteiger charge is 2.29. The fourth-order valence-electron chi connectivity index (χ4n) is 4.06. The minimum Gasteiger partial charge on any atom is -0.484 e. The van der Waals surface area contributed by atoms with Gasteiger partial charge in [0.15, 0.2) is 6.61 Å². The highest BCUT2D eigenvalue weighted by molar-refractivity contribution is 5.95. The lowest BCUT2D eigenvalue weighted by Crippen LogP contribution is -2.49.